The lowest BCUT2D eigenvalue weighted by molar-refractivity contribution is 0.404. The second kappa shape index (κ2) is 6.44. The van der Waals surface area contributed by atoms with Gasteiger partial charge in [-0.3, -0.25) is 0 Å². The molecule has 0 fully saturated rings. The molecule has 0 radical (unpaired) electrons. The minimum atomic E-state index is -0.449. The van der Waals surface area contributed by atoms with E-state index in [9.17, 15) is 4.39 Å². The largest absolute Gasteiger partial charge is 0.496 e. The molecule has 0 spiro atoms. The van der Waals surface area contributed by atoms with Crippen LogP contribution in [0.5, 0.6) is 5.75 Å². The normalized spacial score (nSPS) is 12.2. The van der Waals surface area contributed by atoms with Gasteiger partial charge < -0.3 is 10.1 Å². The van der Waals surface area contributed by atoms with Crippen molar-refractivity contribution in [2.24, 2.45) is 0 Å². The summed E-state index contributed by atoms with van der Waals surface area (Å²) >= 11 is 11.9. The van der Waals surface area contributed by atoms with Gasteiger partial charge in [0.1, 0.15) is 11.6 Å². The molecule has 0 amide bonds. The fourth-order valence-corrected chi connectivity index (χ4v) is 2.52. The van der Waals surface area contributed by atoms with Crippen LogP contribution in [0.1, 0.15) is 17.2 Å². The predicted molar refractivity (Wildman–Crippen MR) is 80.3 cm³/mol. The summed E-state index contributed by atoms with van der Waals surface area (Å²) in [5, 5.41) is 3.71. The summed E-state index contributed by atoms with van der Waals surface area (Å²) in [5.41, 5.74) is 1.20. The summed E-state index contributed by atoms with van der Waals surface area (Å²) in [6.45, 7) is 0. The molecule has 2 aromatic carbocycles. The highest BCUT2D eigenvalue weighted by atomic mass is 35.5. The van der Waals surface area contributed by atoms with E-state index in [0.29, 0.717) is 16.3 Å². The average molecular weight is 314 g/mol. The number of hydrogen-bond donors (Lipinski definition) is 1. The molecule has 0 aromatic heterocycles. The maximum atomic E-state index is 14.2. The molecular formula is C15H14Cl2FNO. The smallest absolute Gasteiger partial charge is 0.146 e. The third-order valence-corrected chi connectivity index (χ3v) is 3.61. The van der Waals surface area contributed by atoms with E-state index >= 15 is 0 Å². The fraction of sp³-hybridized carbons (Fsp3) is 0.200. The van der Waals surface area contributed by atoms with Crippen LogP contribution >= 0.6 is 23.2 Å². The maximum absolute atomic E-state index is 14.2. The van der Waals surface area contributed by atoms with Gasteiger partial charge in [0.2, 0.25) is 0 Å². The van der Waals surface area contributed by atoms with Gasteiger partial charge in [-0.15, -0.1) is 0 Å². The van der Waals surface area contributed by atoms with Crippen LogP contribution in [-0.4, -0.2) is 14.2 Å². The standard InChI is InChI=1S/C15H14Cl2FNO/c1-19-15(10-4-3-5-12(17)14(10)18)11-8-9(16)6-7-13(11)20-2/h3-8,15,19H,1-2H3. The van der Waals surface area contributed by atoms with Gasteiger partial charge in [0.25, 0.3) is 0 Å². The van der Waals surface area contributed by atoms with Crippen molar-refractivity contribution >= 4 is 23.2 Å². The lowest BCUT2D eigenvalue weighted by atomic mass is 9.97. The van der Waals surface area contributed by atoms with Crippen LogP contribution in [0.4, 0.5) is 4.39 Å². The first-order chi connectivity index (χ1) is 9.58. The molecule has 0 saturated carbocycles. The van der Waals surface area contributed by atoms with Crippen molar-refractivity contribution in [1.82, 2.24) is 5.32 Å². The Balaban J connectivity index is 2.58. The van der Waals surface area contributed by atoms with E-state index in [1.54, 1.807) is 44.5 Å². The minimum Gasteiger partial charge on any atom is -0.496 e. The predicted octanol–water partition coefficient (Wildman–Crippen LogP) is 4.45. The quantitative estimate of drug-likeness (QED) is 0.900. The van der Waals surface area contributed by atoms with Crippen LogP contribution in [0.15, 0.2) is 36.4 Å². The molecule has 0 bridgehead atoms. The van der Waals surface area contributed by atoms with Gasteiger partial charge in [-0.2, -0.15) is 0 Å². The molecule has 2 nitrogen and oxygen atoms in total. The molecule has 0 heterocycles. The van der Waals surface area contributed by atoms with E-state index in [-0.39, 0.29) is 5.02 Å². The van der Waals surface area contributed by atoms with Crippen molar-refractivity contribution < 1.29 is 9.13 Å². The third-order valence-electron chi connectivity index (χ3n) is 3.08. The Morgan fingerprint density at radius 1 is 1.15 bits per heavy atom. The molecule has 106 valence electrons. The SMILES string of the molecule is CNC(c1cc(Cl)ccc1OC)c1cccc(Cl)c1F. The summed E-state index contributed by atoms with van der Waals surface area (Å²) in [6.07, 6.45) is 0. The molecule has 0 aliphatic heterocycles. The van der Waals surface area contributed by atoms with Crippen LogP contribution in [-0.2, 0) is 0 Å². The number of nitrogens with one attached hydrogen (secondary N) is 1. The first kappa shape index (κ1) is 15.1. The molecular weight excluding hydrogens is 300 g/mol. The Morgan fingerprint density at radius 3 is 2.55 bits per heavy atom. The van der Waals surface area contributed by atoms with Crippen molar-refractivity contribution in [3.63, 3.8) is 0 Å². The lowest BCUT2D eigenvalue weighted by Gasteiger charge is -2.21. The van der Waals surface area contributed by atoms with Gasteiger partial charge >= 0.3 is 0 Å². The van der Waals surface area contributed by atoms with E-state index in [4.69, 9.17) is 27.9 Å². The van der Waals surface area contributed by atoms with Crippen LogP contribution in [0.25, 0.3) is 0 Å². The molecule has 0 aliphatic rings. The van der Waals surface area contributed by atoms with E-state index < -0.39 is 11.9 Å². The van der Waals surface area contributed by atoms with Gasteiger partial charge in [-0.1, -0.05) is 35.3 Å². The average Bonchev–Trinajstić information content (AvgIpc) is 2.44. The zero-order chi connectivity index (χ0) is 14.7. The zero-order valence-electron chi connectivity index (χ0n) is 11.1. The number of ether oxygens (including phenoxy) is 1. The van der Waals surface area contributed by atoms with E-state index in [0.717, 1.165) is 5.56 Å². The zero-order valence-corrected chi connectivity index (χ0v) is 12.6. The molecule has 1 N–H and O–H groups in total. The van der Waals surface area contributed by atoms with Crippen molar-refractivity contribution in [2.45, 2.75) is 6.04 Å². The number of hydrogen-bond acceptors (Lipinski definition) is 2. The van der Waals surface area contributed by atoms with Crippen molar-refractivity contribution in [1.29, 1.82) is 0 Å². The molecule has 20 heavy (non-hydrogen) atoms. The second-order valence-corrected chi connectivity index (χ2v) is 5.09. The first-order valence-electron chi connectivity index (χ1n) is 6.03. The Morgan fingerprint density at radius 2 is 1.90 bits per heavy atom. The highest BCUT2D eigenvalue weighted by Gasteiger charge is 2.21. The molecule has 0 saturated heterocycles. The van der Waals surface area contributed by atoms with E-state index in [1.807, 2.05) is 0 Å². The van der Waals surface area contributed by atoms with Gasteiger partial charge in [-0.25, -0.2) is 4.39 Å². The number of benzene rings is 2. The summed E-state index contributed by atoms with van der Waals surface area (Å²) in [4.78, 5) is 0. The lowest BCUT2D eigenvalue weighted by Crippen LogP contribution is -2.19. The van der Waals surface area contributed by atoms with Crippen LogP contribution < -0.4 is 10.1 Å². The highest BCUT2D eigenvalue weighted by molar-refractivity contribution is 6.31. The monoisotopic (exact) mass is 313 g/mol. The third kappa shape index (κ3) is 2.90. The van der Waals surface area contributed by atoms with Gasteiger partial charge in [0, 0.05) is 16.1 Å². The summed E-state index contributed by atoms with van der Waals surface area (Å²) in [7, 11) is 3.30. The van der Waals surface area contributed by atoms with Crippen molar-refractivity contribution in [2.75, 3.05) is 14.2 Å². The summed E-state index contributed by atoms with van der Waals surface area (Å²) in [6, 6.07) is 9.74. The topological polar surface area (TPSA) is 21.3 Å². The number of halogens is 3. The Labute approximate surface area is 127 Å². The highest BCUT2D eigenvalue weighted by Crippen LogP contribution is 2.34. The molecule has 2 rings (SSSR count). The molecule has 1 atom stereocenters. The van der Waals surface area contributed by atoms with Crippen molar-refractivity contribution in [3.05, 3.63) is 63.4 Å². The first-order valence-corrected chi connectivity index (χ1v) is 6.78. The van der Waals surface area contributed by atoms with Crippen LogP contribution in [0.2, 0.25) is 10.0 Å². The molecule has 5 heteroatoms. The molecule has 1 unspecified atom stereocenters. The number of rotatable bonds is 4. The van der Waals surface area contributed by atoms with Crippen molar-refractivity contribution in [3.8, 4) is 5.75 Å². The molecule has 2 aromatic rings. The molecule has 0 aliphatic carbocycles. The number of methoxy groups -OCH3 is 1. The van der Waals surface area contributed by atoms with E-state index in [2.05, 4.69) is 5.32 Å². The van der Waals surface area contributed by atoms with Gasteiger partial charge in [0.15, 0.2) is 0 Å². The fourth-order valence-electron chi connectivity index (χ4n) is 2.15. The summed E-state index contributed by atoms with van der Waals surface area (Å²) in [5.74, 6) is 0.184. The second-order valence-electron chi connectivity index (χ2n) is 4.25. The summed E-state index contributed by atoms with van der Waals surface area (Å²) < 4.78 is 19.5. The van der Waals surface area contributed by atoms with E-state index in [1.165, 1.54) is 6.07 Å². The van der Waals surface area contributed by atoms with Crippen LogP contribution in [0.3, 0.4) is 0 Å². The van der Waals surface area contributed by atoms with Crippen LogP contribution in [0, 0.1) is 5.82 Å². The minimum absolute atomic E-state index is 0.0868. The Kier molecular flexibility index (Phi) is 4.86. The van der Waals surface area contributed by atoms with Gasteiger partial charge in [-0.05, 0) is 31.3 Å². The Bertz CT molecular complexity index is 619. The Hall–Kier alpha value is -1.29. The maximum Gasteiger partial charge on any atom is 0.146 e. The van der Waals surface area contributed by atoms with Gasteiger partial charge in [0.05, 0.1) is 18.2 Å².